The highest BCUT2D eigenvalue weighted by Crippen LogP contribution is 2.52. The van der Waals surface area contributed by atoms with E-state index in [4.69, 9.17) is 0 Å². The van der Waals surface area contributed by atoms with E-state index in [9.17, 15) is 18.0 Å². The highest BCUT2D eigenvalue weighted by molar-refractivity contribution is 7.90. The van der Waals surface area contributed by atoms with E-state index < -0.39 is 15.3 Å². The predicted octanol–water partition coefficient (Wildman–Crippen LogP) is 2.81. The van der Waals surface area contributed by atoms with Gasteiger partial charge in [0.15, 0.2) is 0 Å². The molecule has 1 spiro atoms. The molecule has 0 unspecified atom stereocenters. The summed E-state index contributed by atoms with van der Waals surface area (Å²) in [5, 5.41) is 2.73. The number of carbonyl (C=O) groups is 2. The average Bonchev–Trinajstić information content (AvgIpc) is 3.07. The molecule has 0 aromatic heterocycles. The molecule has 3 rings (SSSR count). The van der Waals surface area contributed by atoms with Crippen LogP contribution in [0.25, 0.3) is 0 Å². The maximum absolute atomic E-state index is 12.9. The summed E-state index contributed by atoms with van der Waals surface area (Å²) in [6.45, 7) is 5.12. The van der Waals surface area contributed by atoms with Crippen molar-refractivity contribution >= 4 is 21.7 Å². The Balaban J connectivity index is 1.57. The zero-order valence-corrected chi connectivity index (χ0v) is 22.2. The first kappa shape index (κ1) is 26.7. The van der Waals surface area contributed by atoms with Crippen LogP contribution in [0.3, 0.4) is 0 Å². The number of amides is 2. The summed E-state index contributed by atoms with van der Waals surface area (Å²) in [6, 6.07) is 10.7. The Morgan fingerprint density at radius 1 is 1.12 bits per heavy atom. The van der Waals surface area contributed by atoms with Crippen LogP contribution in [-0.4, -0.2) is 75.8 Å². The van der Waals surface area contributed by atoms with E-state index in [2.05, 4.69) is 54.6 Å². The van der Waals surface area contributed by atoms with Crippen molar-refractivity contribution in [2.24, 2.45) is 10.8 Å². The van der Waals surface area contributed by atoms with Crippen LogP contribution in [0.4, 0.5) is 0 Å². The van der Waals surface area contributed by atoms with Gasteiger partial charge in [-0.1, -0.05) is 44.2 Å². The molecule has 1 aliphatic carbocycles. The number of nitrogens with one attached hydrogen (secondary N) is 1. The fraction of sp³-hybridized carbons (Fsp3) is 0.692. The molecule has 1 aromatic carbocycles. The first-order valence-electron chi connectivity index (χ1n) is 12.3. The van der Waals surface area contributed by atoms with Gasteiger partial charge in [0.2, 0.25) is 11.8 Å². The molecule has 1 saturated carbocycles. The number of benzene rings is 1. The van der Waals surface area contributed by atoms with E-state index in [1.807, 2.05) is 18.7 Å². The van der Waals surface area contributed by atoms with Crippen molar-refractivity contribution in [3.63, 3.8) is 0 Å². The van der Waals surface area contributed by atoms with Gasteiger partial charge >= 0.3 is 0 Å². The summed E-state index contributed by atoms with van der Waals surface area (Å²) in [7, 11) is 1.19. The number of nitrogens with zero attached hydrogens (tertiary/aromatic N) is 2. The van der Waals surface area contributed by atoms with Crippen molar-refractivity contribution in [2.75, 3.05) is 45.7 Å². The summed E-state index contributed by atoms with van der Waals surface area (Å²) >= 11 is 0. The minimum atomic E-state index is -3.12. The number of rotatable bonds is 9. The Hall–Kier alpha value is -1.93. The Morgan fingerprint density at radius 3 is 2.29 bits per heavy atom. The van der Waals surface area contributed by atoms with Crippen molar-refractivity contribution in [2.45, 2.75) is 57.9 Å². The molecule has 0 radical (unpaired) electrons. The fourth-order valence-electron chi connectivity index (χ4n) is 5.57. The molecule has 1 N–H and O–H groups in total. The van der Waals surface area contributed by atoms with Gasteiger partial charge in [-0.25, -0.2) is 8.42 Å². The Kier molecular flexibility index (Phi) is 7.82. The topological polar surface area (TPSA) is 86.8 Å². The quantitative estimate of drug-likeness (QED) is 0.574. The van der Waals surface area contributed by atoms with Crippen molar-refractivity contribution in [1.82, 2.24) is 15.1 Å². The molecule has 1 heterocycles. The molecule has 1 saturated heterocycles. The van der Waals surface area contributed by atoms with Crippen LogP contribution < -0.4 is 5.32 Å². The number of hydrogen-bond donors (Lipinski definition) is 1. The summed E-state index contributed by atoms with van der Waals surface area (Å²) in [4.78, 5) is 29.8. The van der Waals surface area contributed by atoms with Crippen molar-refractivity contribution in [3.8, 4) is 0 Å². The molecule has 7 nitrogen and oxygen atoms in total. The van der Waals surface area contributed by atoms with Crippen LogP contribution in [0.2, 0.25) is 0 Å². The minimum absolute atomic E-state index is 0.00895. The second kappa shape index (κ2) is 9.97. The van der Waals surface area contributed by atoms with Gasteiger partial charge < -0.3 is 10.2 Å². The van der Waals surface area contributed by atoms with Gasteiger partial charge in [0.1, 0.15) is 9.84 Å². The monoisotopic (exact) mass is 491 g/mol. The Morgan fingerprint density at radius 2 is 1.74 bits per heavy atom. The zero-order valence-electron chi connectivity index (χ0n) is 21.4. The van der Waals surface area contributed by atoms with E-state index in [-0.39, 0.29) is 35.1 Å². The third-order valence-electron chi connectivity index (χ3n) is 8.09. The molecule has 2 aliphatic rings. The Bertz CT molecular complexity index is 981. The van der Waals surface area contributed by atoms with Crippen molar-refractivity contribution < 1.29 is 18.0 Å². The molecule has 2 amide bonds. The molecule has 1 aliphatic heterocycles. The van der Waals surface area contributed by atoms with Gasteiger partial charge in [0.05, 0.1) is 5.75 Å². The van der Waals surface area contributed by atoms with Gasteiger partial charge in [-0.3, -0.25) is 14.5 Å². The maximum Gasteiger partial charge on any atom is 0.225 e. The second-order valence-corrected chi connectivity index (χ2v) is 13.6. The summed E-state index contributed by atoms with van der Waals surface area (Å²) in [6.07, 6.45) is 6.37. The predicted molar refractivity (Wildman–Crippen MR) is 135 cm³/mol. The SMILES string of the molecule is CN(C)C1(c2ccccc2)CCC2(CC1)CC(=O)N(CCC(C)(C)C(=O)NCCS(C)(=O)=O)C2. The molecule has 34 heavy (non-hydrogen) atoms. The fourth-order valence-corrected chi connectivity index (χ4v) is 6.05. The van der Waals surface area contributed by atoms with E-state index >= 15 is 0 Å². The lowest BCUT2D eigenvalue weighted by Gasteiger charge is -2.49. The van der Waals surface area contributed by atoms with Crippen molar-refractivity contribution in [1.29, 1.82) is 0 Å². The smallest absolute Gasteiger partial charge is 0.225 e. The lowest BCUT2D eigenvalue weighted by Crippen LogP contribution is -2.47. The molecule has 190 valence electrons. The van der Waals surface area contributed by atoms with Gasteiger partial charge in [0, 0.05) is 43.3 Å². The average molecular weight is 492 g/mol. The van der Waals surface area contributed by atoms with E-state index in [1.165, 1.54) is 5.56 Å². The molecule has 0 bridgehead atoms. The summed E-state index contributed by atoms with van der Waals surface area (Å²) < 4.78 is 22.6. The normalized spacial score (nSPS) is 25.8. The zero-order chi connectivity index (χ0) is 25.2. The minimum Gasteiger partial charge on any atom is -0.355 e. The third kappa shape index (κ3) is 6.00. The van der Waals surface area contributed by atoms with Gasteiger partial charge in [-0.15, -0.1) is 0 Å². The molecular formula is C26H41N3O4S. The largest absolute Gasteiger partial charge is 0.355 e. The molecule has 0 atom stereocenters. The van der Waals surface area contributed by atoms with E-state index in [0.29, 0.717) is 19.4 Å². The van der Waals surface area contributed by atoms with Crippen LogP contribution in [-0.2, 0) is 25.0 Å². The van der Waals surface area contributed by atoms with E-state index in [0.717, 1.165) is 38.5 Å². The van der Waals surface area contributed by atoms with Gasteiger partial charge in [-0.05, 0) is 57.2 Å². The van der Waals surface area contributed by atoms with Crippen molar-refractivity contribution in [3.05, 3.63) is 35.9 Å². The van der Waals surface area contributed by atoms with Gasteiger partial charge in [0.25, 0.3) is 0 Å². The highest BCUT2D eigenvalue weighted by atomic mass is 32.2. The molecule has 8 heteroatoms. The number of likely N-dealkylation sites (tertiary alicyclic amines) is 1. The first-order chi connectivity index (χ1) is 15.8. The summed E-state index contributed by atoms with van der Waals surface area (Å²) in [5.74, 6) is -0.0570. The lowest BCUT2D eigenvalue weighted by molar-refractivity contribution is -0.132. The van der Waals surface area contributed by atoms with E-state index in [1.54, 1.807) is 0 Å². The Labute approximate surface area is 205 Å². The summed E-state index contributed by atoms with van der Waals surface area (Å²) in [5.41, 5.74) is 0.704. The number of carbonyl (C=O) groups excluding carboxylic acids is 2. The van der Waals surface area contributed by atoms with Gasteiger partial charge in [-0.2, -0.15) is 0 Å². The molecule has 1 aromatic rings. The molecule has 2 fully saturated rings. The first-order valence-corrected chi connectivity index (χ1v) is 14.3. The lowest BCUT2D eigenvalue weighted by atomic mass is 9.64. The van der Waals surface area contributed by atoms with Crippen LogP contribution in [0.5, 0.6) is 0 Å². The third-order valence-corrected chi connectivity index (χ3v) is 9.04. The van der Waals surface area contributed by atoms with Crippen LogP contribution in [0.15, 0.2) is 30.3 Å². The standard InChI is InChI=1S/C26H41N3O4S/c1-24(2,23(31)27-16-18-34(5,32)33)15-17-29-20-25(19-22(29)30)11-13-26(14-12-25,28(3)4)21-9-7-6-8-10-21/h6-10H,11-20H2,1-5H3,(H,27,31). The maximum atomic E-state index is 12.9. The van der Waals surface area contributed by atoms with Crippen LogP contribution in [0.1, 0.15) is 57.9 Å². The highest BCUT2D eigenvalue weighted by Gasteiger charge is 2.50. The molecular weight excluding hydrogens is 450 g/mol. The van der Waals surface area contributed by atoms with Crippen LogP contribution >= 0.6 is 0 Å². The van der Waals surface area contributed by atoms with Crippen LogP contribution in [0, 0.1) is 10.8 Å². The number of sulfone groups is 1. The number of hydrogen-bond acceptors (Lipinski definition) is 5. The second-order valence-electron chi connectivity index (χ2n) is 11.3.